The van der Waals surface area contributed by atoms with E-state index in [0.717, 1.165) is 18.2 Å². The van der Waals surface area contributed by atoms with Crippen molar-refractivity contribution >= 4 is 27.3 Å². The summed E-state index contributed by atoms with van der Waals surface area (Å²) < 4.78 is 27.3. The van der Waals surface area contributed by atoms with E-state index in [-0.39, 0.29) is 28.1 Å². The van der Waals surface area contributed by atoms with Crippen LogP contribution >= 0.6 is 11.6 Å². The number of nitrogens with zero attached hydrogens (tertiary/aromatic N) is 1. The predicted octanol–water partition coefficient (Wildman–Crippen LogP) is 1.90. The highest BCUT2D eigenvalue weighted by molar-refractivity contribution is 7.89. The Morgan fingerprint density at radius 2 is 2.05 bits per heavy atom. The maximum absolute atomic E-state index is 12.4. The summed E-state index contributed by atoms with van der Waals surface area (Å²) in [5.74, 6) is -0.0471. The standard InChI is InChI=1S/C12H18ClN3O4S/c1-8(2)12(3,7-14)15-21(19,20)11-5-4-9(16(17)18)6-10(11)13/h4-6,8,15H,7,14H2,1-3H3. The number of halogens is 1. The number of nitro benzene ring substituents is 1. The van der Waals surface area contributed by atoms with Crippen LogP contribution in [-0.2, 0) is 10.0 Å². The number of hydrogen-bond acceptors (Lipinski definition) is 5. The minimum Gasteiger partial charge on any atom is -0.329 e. The van der Waals surface area contributed by atoms with Crippen LogP contribution in [0.1, 0.15) is 20.8 Å². The van der Waals surface area contributed by atoms with Gasteiger partial charge in [-0.05, 0) is 18.9 Å². The van der Waals surface area contributed by atoms with Gasteiger partial charge in [0.2, 0.25) is 10.0 Å². The molecule has 0 saturated carbocycles. The van der Waals surface area contributed by atoms with Gasteiger partial charge in [0.05, 0.1) is 9.95 Å². The summed E-state index contributed by atoms with van der Waals surface area (Å²) in [5, 5.41) is 10.4. The lowest BCUT2D eigenvalue weighted by atomic mass is 9.90. The predicted molar refractivity (Wildman–Crippen MR) is 80.7 cm³/mol. The van der Waals surface area contributed by atoms with E-state index in [4.69, 9.17) is 17.3 Å². The average molecular weight is 336 g/mol. The molecule has 0 spiro atoms. The molecule has 0 bridgehead atoms. The number of benzene rings is 1. The van der Waals surface area contributed by atoms with E-state index in [1.165, 1.54) is 0 Å². The van der Waals surface area contributed by atoms with Gasteiger partial charge in [-0.25, -0.2) is 13.1 Å². The molecule has 0 radical (unpaired) electrons. The number of sulfonamides is 1. The van der Waals surface area contributed by atoms with Crippen molar-refractivity contribution in [2.45, 2.75) is 31.2 Å². The Morgan fingerprint density at radius 1 is 1.48 bits per heavy atom. The van der Waals surface area contributed by atoms with Gasteiger partial charge in [0, 0.05) is 24.2 Å². The van der Waals surface area contributed by atoms with Gasteiger partial charge in [-0.15, -0.1) is 0 Å². The van der Waals surface area contributed by atoms with E-state index in [1.807, 2.05) is 13.8 Å². The van der Waals surface area contributed by atoms with Crippen molar-refractivity contribution in [2.24, 2.45) is 11.7 Å². The molecule has 118 valence electrons. The minimum atomic E-state index is -3.93. The molecule has 1 aromatic carbocycles. The highest BCUT2D eigenvalue weighted by Gasteiger charge is 2.33. The van der Waals surface area contributed by atoms with Crippen LogP contribution in [0.5, 0.6) is 0 Å². The molecule has 7 nitrogen and oxygen atoms in total. The van der Waals surface area contributed by atoms with Crippen LogP contribution in [-0.4, -0.2) is 25.4 Å². The average Bonchev–Trinajstić information content (AvgIpc) is 2.37. The fourth-order valence-electron chi connectivity index (χ4n) is 1.58. The fraction of sp³-hybridized carbons (Fsp3) is 0.500. The zero-order valence-electron chi connectivity index (χ0n) is 12.0. The Kier molecular flexibility index (Phi) is 5.32. The van der Waals surface area contributed by atoms with Gasteiger partial charge in [-0.2, -0.15) is 0 Å². The lowest BCUT2D eigenvalue weighted by Gasteiger charge is -2.33. The summed E-state index contributed by atoms with van der Waals surface area (Å²) in [6, 6.07) is 3.21. The highest BCUT2D eigenvalue weighted by atomic mass is 35.5. The number of nitrogens with one attached hydrogen (secondary N) is 1. The first-order chi connectivity index (χ1) is 9.53. The second-order valence-corrected chi connectivity index (χ2v) is 7.31. The summed E-state index contributed by atoms with van der Waals surface area (Å²) in [6.07, 6.45) is 0. The van der Waals surface area contributed by atoms with E-state index >= 15 is 0 Å². The molecule has 0 fully saturated rings. The second kappa shape index (κ2) is 6.27. The molecule has 1 unspecified atom stereocenters. The summed E-state index contributed by atoms with van der Waals surface area (Å²) in [6.45, 7) is 5.47. The molecular weight excluding hydrogens is 318 g/mol. The van der Waals surface area contributed by atoms with Gasteiger partial charge in [-0.1, -0.05) is 25.4 Å². The summed E-state index contributed by atoms with van der Waals surface area (Å²) in [7, 11) is -3.93. The van der Waals surface area contributed by atoms with Crippen LogP contribution < -0.4 is 10.5 Å². The van der Waals surface area contributed by atoms with Crippen LogP contribution in [0.25, 0.3) is 0 Å². The molecule has 3 N–H and O–H groups in total. The summed E-state index contributed by atoms with van der Waals surface area (Å²) >= 11 is 5.85. The van der Waals surface area contributed by atoms with Crippen LogP contribution in [0.3, 0.4) is 0 Å². The largest absolute Gasteiger partial charge is 0.329 e. The van der Waals surface area contributed by atoms with Gasteiger partial charge in [0.15, 0.2) is 0 Å². The van der Waals surface area contributed by atoms with Gasteiger partial charge in [0.25, 0.3) is 5.69 Å². The third kappa shape index (κ3) is 3.91. The van der Waals surface area contributed by atoms with Crippen molar-refractivity contribution in [1.29, 1.82) is 0 Å². The van der Waals surface area contributed by atoms with Gasteiger partial charge in [-0.3, -0.25) is 10.1 Å². The topological polar surface area (TPSA) is 115 Å². The molecule has 21 heavy (non-hydrogen) atoms. The maximum Gasteiger partial charge on any atom is 0.271 e. The maximum atomic E-state index is 12.4. The lowest BCUT2D eigenvalue weighted by molar-refractivity contribution is -0.384. The zero-order chi connectivity index (χ0) is 16.4. The molecule has 0 aliphatic rings. The van der Waals surface area contributed by atoms with E-state index in [9.17, 15) is 18.5 Å². The smallest absolute Gasteiger partial charge is 0.271 e. The van der Waals surface area contributed by atoms with Crippen LogP contribution in [0, 0.1) is 16.0 Å². The SMILES string of the molecule is CC(C)C(C)(CN)NS(=O)(=O)c1ccc([N+](=O)[O-])cc1Cl. The minimum absolute atomic E-state index is 0.0471. The van der Waals surface area contributed by atoms with Crippen LogP contribution in [0.15, 0.2) is 23.1 Å². The van der Waals surface area contributed by atoms with Crippen molar-refractivity contribution < 1.29 is 13.3 Å². The molecule has 1 rings (SSSR count). The number of hydrogen-bond donors (Lipinski definition) is 2. The van der Waals surface area contributed by atoms with Crippen LogP contribution in [0.2, 0.25) is 5.02 Å². The van der Waals surface area contributed by atoms with Gasteiger partial charge >= 0.3 is 0 Å². The highest BCUT2D eigenvalue weighted by Crippen LogP contribution is 2.28. The molecule has 1 aromatic rings. The Bertz CT molecular complexity index is 648. The van der Waals surface area contributed by atoms with Crippen molar-refractivity contribution in [3.05, 3.63) is 33.3 Å². The summed E-state index contributed by atoms with van der Waals surface area (Å²) in [5.41, 5.74) is 4.53. The molecule has 0 aromatic heterocycles. The first-order valence-electron chi connectivity index (χ1n) is 6.21. The Hall–Kier alpha value is -1.22. The Balaban J connectivity index is 3.23. The summed E-state index contributed by atoms with van der Waals surface area (Å²) in [4.78, 5) is 9.79. The fourth-order valence-corrected chi connectivity index (χ4v) is 3.66. The first kappa shape index (κ1) is 17.8. The molecule has 0 heterocycles. The van der Waals surface area contributed by atoms with Crippen molar-refractivity contribution in [3.63, 3.8) is 0 Å². The number of nitrogens with two attached hydrogens (primary N) is 1. The van der Waals surface area contributed by atoms with E-state index in [0.29, 0.717) is 0 Å². The van der Waals surface area contributed by atoms with Crippen molar-refractivity contribution in [3.8, 4) is 0 Å². The quantitative estimate of drug-likeness (QED) is 0.608. The molecular formula is C12H18ClN3O4S. The lowest BCUT2D eigenvalue weighted by Crippen LogP contribution is -2.54. The molecule has 0 amide bonds. The van der Waals surface area contributed by atoms with E-state index in [2.05, 4.69) is 4.72 Å². The molecule has 0 aliphatic heterocycles. The third-order valence-corrected chi connectivity index (χ3v) is 5.58. The van der Waals surface area contributed by atoms with Gasteiger partial charge < -0.3 is 5.73 Å². The van der Waals surface area contributed by atoms with Crippen LogP contribution in [0.4, 0.5) is 5.69 Å². The zero-order valence-corrected chi connectivity index (χ0v) is 13.5. The molecule has 0 saturated heterocycles. The number of rotatable bonds is 6. The number of nitro groups is 1. The third-order valence-electron chi connectivity index (χ3n) is 3.48. The monoisotopic (exact) mass is 335 g/mol. The molecule has 0 aliphatic carbocycles. The second-order valence-electron chi connectivity index (χ2n) is 5.25. The molecule has 1 atom stereocenters. The Morgan fingerprint density at radius 3 is 2.43 bits per heavy atom. The number of non-ortho nitro benzene ring substituents is 1. The Labute approximate surface area is 128 Å². The normalized spacial score (nSPS) is 15.0. The van der Waals surface area contributed by atoms with Crippen molar-refractivity contribution in [2.75, 3.05) is 6.54 Å². The van der Waals surface area contributed by atoms with E-state index in [1.54, 1.807) is 6.92 Å². The van der Waals surface area contributed by atoms with Gasteiger partial charge in [0.1, 0.15) is 4.90 Å². The first-order valence-corrected chi connectivity index (χ1v) is 8.07. The van der Waals surface area contributed by atoms with E-state index < -0.39 is 20.5 Å². The molecule has 9 heteroatoms. The van der Waals surface area contributed by atoms with Crippen molar-refractivity contribution in [1.82, 2.24) is 4.72 Å².